The van der Waals surface area contributed by atoms with Crippen LogP contribution in [0.2, 0.25) is 10.6 Å². The molecule has 1 unspecified atom stereocenters. The maximum absolute atomic E-state index is 9.12. The van der Waals surface area contributed by atoms with Gasteiger partial charge < -0.3 is 5.11 Å². The number of aliphatic hydroxyl groups excluding tert-OH is 1. The smallest absolute Gasteiger partial charge is 0.243 e. The zero-order chi connectivity index (χ0) is 9.14. The zero-order valence-electron chi connectivity index (χ0n) is 5.91. The van der Waals surface area contributed by atoms with Gasteiger partial charge in [0.25, 0.3) is 0 Å². The molecule has 0 saturated heterocycles. The van der Waals surface area contributed by atoms with E-state index in [4.69, 9.17) is 39.9 Å². The molecule has 0 bridgehead atoms. The van der Waals surface area contributed by atoms with E-state index in [9.17, 15) is 0 Å². The molecule has 0 aliphatic carbocycles. The summed E-state index contributed by atoms with van der Waals surface area (Å²) in [6.07, 6.45) is -0.693. The molecule has 68 valence electrons. The number of aliphatic hydroxyl groups is 1. The lowest BCUT2D eigenvalue weighted by Crippen LogP contribution is -2.18. The Labute approximate surface area is 84.1 Å². The van der Waals surface area contributed by atoms with Crippen LogP contribution in [0.5, 0.6) is 0 Å². The minimum Gasteiger partial charge on any atom is -0.390 e. The highest BCUT2D eigenvalue weighted by Gasteiger charge is 2.09. The SMILES string of the molecule is OC(CCl)Cn1nc(Cl)nc1Cl. The third-order valence-corrected chi connectivity index (χ3v) is 1.96. The van der Waals surface area contributed by atoms with E-state index in [1.807, 2.05) is 0 Å². The molecular weight excluding hydrogens is 224 g/mol. The monoisotopic (exact) mass is 229 g/mol. The second-order valence-electron chi connectivity index (χ2n) is 2.14. The summed E-state index contributed by atoms with van der Waals surface area (Å²) < 4.78 is 1.29. The van der Waals surface area contributed by atoms with Crippen molar-refractivity contribution >= 4 is 34.8 Å². The Kier molecular flexibility index (Phi) is 3.58. The van der Waals surface area contributed by atoms with E-state index in [2.05, 4.69) is 10.1 Å². The fourth-order valence-electron chi connectivity index (χ4n) is 0.662. The lowest BCUT2D eigenvalue weighted by molar-refractivity contribution is 0.171. The van der Waals surface area contributed by atoms with E-state index in [1.165, 1.54) is 4.68 Å². The van der Waals surface area contributed by atoms with Crippen molar-refractivity contribution in [3.05, 3.63) is 10.6 Å². The maximum Gasteiger partial charge on any atom is 0.243 e. The molecule has 0 amide bonds. The van der Waals surface area contributed by atoms with Crippen LogP contribution < -0.4 is 0 Å². The Morgan fingerprint density at radius 2 is 2.17 bits per heavy atom. The Morgan fingerprint density at radius 3 is 2.58 bits per heavy atom. The molecule has 0 spiro atoms. The van der Waals surface area contributed by atoms with Gasteiger partial charge in [-0.3, -0.25) is 0 Å². The summed E-state index contributed by atoms with van der Waals surface area (Å²) in [7, 11) is 0. The van der Waals surface area contributed by atoms with Crippen LogP contribution in [0.4, 0.5) is 0 Å². The van der Waals surface area contributed by atoms with Crippen molar-refractivity contribution in [2.75, 3.05) is 5.88 Å². The van der Waals surface area contributed by atoms with Crippen molar-refractivity contribution < 1.29 is 5.11 Å². The van der Waals surface area contributed by atoms with Crippen LogP contribution in [-0.2, 0) is 6.54 Å². The van der Waals surface area contributed by atoms with E-state index in [-0.39, 0.29) is 23.0 Å². The van der Waals surface area contributed by atoms with E-state index in [1.54, 1.807) is 0 Å². The highest BCUT2D eigenvalue weighted by Crippen LogP contribution is 2.10. The van der Waals surface area contributed by atoms with Crippen LogP contribution in [-0.4, -0.2) is 31.9 Å². The normalized spacial score (nSPS) is 13.3. The number of hydrogen-bond donors (Lipinski definition) is 1. The van der Waals surface area contributed by atoms with Crippen molar-refractivity contribution in [1.82, 2.24) is 14.8 Å². The molecule has 1 atom stereocenters. The van der Waals surface area contributed by atoms with E-state index >= 15 is 0 Å². The molecule has 0 aromatic carbocycles. The molecule has 1 aromatic heterocycles. The molecule has 0 aliphatic heterocycles. The number of halogens is 3. The summed E-state index contributed by atoms with van der Waals surface area (Å²) in [6, 6.07) is 0. The number of alkyl halides is 1. The van der Waals surface area contributed by atoms with E-state index in [0.29, 0.717) is 0 Å². The van der Waals surface area contributed by atoms with Gasteiger partial charge in [0.05, 0.1) is 18.5 Å². The average molecular weight is 230 g/mol. The molecule has 0 radical (unpaired) electrons. The Balaban J connectivity index is 2.68. The average Bonchev–Trinajstić information content (AvgIpc) is 2.30. The van der Waals surface area contributed by atoms with Crippen LogP contribution in [0.25, 0.3) is 0 Å². The van der Waals surface area contributed by atoms with Crippen molar-refractivity contribution in [3.8, 4) is 0 Å². The van der Waals surface area contributed by atoms with E-state index in [0.717, 1.165) is 0 Å². The van der Waals surface area contributed by atoms with Crippen LogP contribution in [0, 0.1) is 0 Å². The number of rotatable bonds is 3. The van der Waals surface area contributed by atoms with Crippen LogP contribution in [0.1, 0.15) is 0 Å². The van der Waals surface area contributed by atoms with Crippen molar-refractivity contribution in [2.24, 2.45) is 0 Å². The Morgan fingerprint density at radius 1 is 1.50 bits per heavy atom. The van der Waals surface area contributed by atoms with Crippen molar-refractivity contribution in [3.63, 3.8) is 0 Å². The second kappa shape index (κ2) is 4.28. The summed E-state index contributed by atoms with van der Waals surface area (Å²) in [5.41, 5.74) is 0. The fourth-order valence-corrected chi connectivity index (χ4v) is 1.16. The van der Waals surface area contributed by atoms with Gasteiger partial charge in [-0.05, 0) is 23.2 Å². The zero-order valence-corrected chi connectivity index (χ0v) is 8.18. The molecule has 0 fully saturated rings. The maximum atomic E-state index is 9.12. The lowest BCUT2D eigenvalue weighted by atomic mass is 10.4. The fraction of sp³-hybridized carbons (Fsp3) is 0.600. The molecule has 1 heterocycles. The van der Waals surface area contributed by atoms with Crippen LogP contribution in [0.15, 0.2) is 0 Å². The minimum absolute atomic E-state index is 0.0572. The molecule has 7 heteroatoms. The van der Waals surface area contributed by atoms with Crippen molar-refractivity contribution in [2.45, 2.75) is 12.6 Å². The first-order valence-corrected chi connectivity index (χ1v) is 4.42. The lowest BCUT2D eigenvalue weighted by Gasteiger charge is -2.05. The molecule has 1 N–H and O–H groups in total. The first-order chi connectivity index (χ1) is 5.63. The van der Waals surface area contributed by atoms with Gasteiger partial charge in [0, 0.05) is 0 Å². The Bertz CT molecular complexity index is 264. The molecule has 1 rings (SSSR count). The van der Waals surface area contributed by atoms with Crippen molar-refractivity contribution in [1.29, 1.82) is 0 Å². The first kappa shape index (κ1) is 10.1. The minimum atomic E-state index is -0.693. The topological polar surface area (TPSA) is 50.9 Å². The Hall–Kier alpha value is -0.0300. The molecular formula is C5H6Cl3N3O. The van der Waals surface area contributed by atoms with Gasteiger partial charge in [-0.25, -0.2) is 4.68 Å². The predicted molar refractivity (Wildman–Crippen MR) is 46.8 cm³/mol. The molecule has 4 nitrogen and oxygen atoms in total. The summed E-state index contributed by atoms with van der Waals surface area (Å²) in [6.45, 7) is 0.196. The largest absolute Gasteiger partial charge is 0.390 e. The second-order valence-corrected chi connectivity index (χ2v) is 3.12. The van der Waals surface area contributed by atoms with Gasteiger partial charge in [-0.2, -0.15) is 4.98 Å². The molecule has 0 aliphatic rings. The highest BCUT2D eigenvalue weighted by atomic mass is 35.5. The first-order valence-electron chi connectivity index (χ1n) is 3.13. The van der Waals surface area contributed by atoms with Crippen LogP contribution in [0.3, 0.4) is 0 Å². The summed E-state index contributed by atoms with van der Waals surface area (Å²) >= 11 is 16.4. The van der Waals surface area contributed by atoms with E-state index < -0.39 is 6.10 Å². The standard InChI is InChI=1S/C5H6Cl3N3O/c6-1-3(12)2-11-5(8)9-4(7)10-11/h3,12H,1-2H2. The van der Waals surface area contributed by atoms with Gasteiger partial charge in [-0.15, -0.1) is 16.7 Å². The predicted octanol–water partition coefficient (Wildman–Crippen LogP) is 1.18. The third kappa shape index (κ3) is 2.48. The summed E-state index contributed by atoms with van der Waals surface area (Å²) in [5.74, 6) is 0.119. The number of nitrogens with zero attached hydrogens (tertiary/aromatic N) is 3. The third-order valence-electron chi connectivity index (χ3n) is 1.16. The highest BCUT2D eigenvalue weighted by molar-refractivity contribution is 6.31. The van der Waals surface area contributed by atoms with Gasteiger partial charge in [0.1, 0.15) is 0 Å². The number of aromatic nitrogens is 3. The molecule has 12 heavy (non-hydrogen) atoms. The van der Waals surface area contributed by atoms with Gasteiger partial charge in [0.15, 0.2) is 0 Å². The summed E-state index contributed by atoms with van der Waals surface area (Å²) in [5, 5.41) is 13.0. The molecule has 0 saturated carbocycles. The summed E-state index contributed by atoms with van der Waals surface area (Å²) in [4.78, 5) is 3.63. The van der Waals surface area contributed by atoms with Crippen LogP contribution >= 0.6 is 34.8 Å². The van der Waals surface area contributed by atoms with Gasteiger partial charge in [-0.1, -0.05) is 0 Å². The quantitative estimate of drug-likeness (QED) is 0.794. The van der Waals surface area contributed by atoms with Gasteiger partial charge >= 0.3 is 0 Å². The van der Waals surface area contributed by atoms with Gasteiger partial charge in [0.2, 0.25) is 10.6 Å². The number of hydrogen-bond acceptors (Lipinski definition) is 3. The molecule has 1 aromatic rings.